The number of rotatable bonds is 4. The number of fused-ring (bicyclic) bond motifs is 1. The molecule has 18 heavy (non-hydrogen) atoms. The highest BCUT2D eigenvalue weighted by molar-refractivity contribution is 5.57. The zero-order chi connectivity index (χ0) is 12.4. The number of anilines is 1. The molecule has 4 nitrogen and oxygen atoms in total. The van der Waals surface area contributed by atoms with Gasteiger partial charge >= 0.3 is 0 Å². The van der Waals surface area contributed by atoms with Crippen molar-refractivity contribution in [2.75, 3.05) is 18.0 Å². The largest absolute Gasteiger partial charge is 0.365 e. The molecular formula is C14H18N4. The van der Waals surface area contributed by atoms with Gasteiger partial charge in [-0.05, 0) is 18.1 Å². The number of nitrogens with two attached hydrogens (primary N) is 1. The first-order valence-corrected chi connectivity index (χ1v) is 6.40. The van der Waals surface area contributed by atoms with Gasteiger partial charge in [0.1, 0.15) is 0 Å². The van der Waals surface area contributed by atoms with Gasteiger partial charge in [-0.1, -0.05) is 18.2 Å². The maximum Gasteiger partial charge on any atom is 0.0950 e. The number of hydrogen-bond donors (Lipinski definition) is 1. The van der Waals surface area contributed by atoms with E-state index in [9.17, 15) is 0 Å². The lowest BCUT2D eigenvalue weighted by atomic mass is 10.2. The van der Waals surface area contributed by atoms with E-state index in [1.807, 2.05) is 6.33 Å². The minimum atomic E-state index is 0.655. The zero-order valence-electron chi connectivity index (χ0n) is 10.4. The molecular weight excluding hydrogens is 224 g/mol. The fraction of sp³-hybridized carbons (Fsp3) is 0.357. The van der Waals surface area contributed by atoms with Gasteiger partial charge < -0.3 is 15.2 Å². The molecule has 0 atom stereocenters. The van der Waals surface area contributed by atoms with Gasteiger partial charge in [-0.3, -0.25) is 0 Å². The fourth-order valence-electron chi connectivity index (χ4n) is 2.53. The van der Waals surface area contributed by atoms with Crippen molar-refractivity contribution in [1.82, 2.24) is 9.55 Å². The Hall–Kier alpha value is -1.81. The molecule has 1 aliphatic heterocycles. The summed E-state index contributed by atoms with van der Waals surface area (Å²) in [4.78, 5) is 6.83. The Labute approximate surface area is 107 Å². The average Bonchev–Trinajstić information content (AvgIpc) is 2.99. The van der Waals surface area contributed by atoms with E-state index < -0.39 is 0 Å². The molecule has 0 bridgehead atoms. The Balaban J connectivity index is 1.73. The van der Waals surface area contributed by atoms with E-state index >= 15 is 0 Å². The molecule has 0 amide bonds. The molecule has 0 radical (unpaired) electrons. The predicted octanol–water partition coefficient (Wildman–Crippen LogP) is 1.40. The monoisotopic (exact) mass is 242 g/mol. The van der Waals surface area contributed by atoms with Crippen LogP contribution in [0.2, 0.25) is 0 Å². The van der Waals surface area contributed by atoms with Crippen LogP contribution >= 0.6 is 0 Å². The number of nitrogens with zero attached hydrogens (tertiary/aromatic N) is 3. The second kappa shape index (κ2) is 4.82. The van der Waals surface area contributed by atoms with Crippen LogP contribution in [0.1, 0.15) is 11.3 Å². The maximum absolute atomic E-state index is 5.54. The second-order valence-corrected chi connectivity index (χ2v) is 4.69. The molecule has 2 aromatic rings. The lowest BCUT2D eigenvalue weighted by Crippen LogP contribution is -2.19. The third-order valence-corrected chi connectivity index (χ3v) is 3.41. The van der Waals surface area contributed by atoms with E-state index in [-0.39, 0.29) is 0 Å². The molecule has 1 aliphatic rings. The average molecular weight is 242 g/mol. The number of hydrogen-bond acceptors (Lipinski definition) is 3. The summed E-state index contributed by atoms with van der Waals surface area (Å²) in [5, 5.41) is 0. The number of para-hydroxylation sites is 1. The summed E-state index contributed by atoms with van der Waals surface area (Å²) >= 11 is 0. The van der Waals surface area contributed by atoms with Crippen LogP contribution in [0, 0.1) is 0 Å². The van der Waals surface area contributed by atoms with Crippen LogP contribution in [0.25, 0.3) is 0 Å². The van der Waals surface area contributed by atoms with Crippen LogP contribution in [0.4, 0.5) is 5.69 Å². The molecule has 94 valence electrons. The minimum Gasteiger partial charge on any atom is -0.365 e. The van der Waals surface area contributed by atoms with Gasteiger partial charge in [0, 0.05) is 31.5 Å². The predicted molar refractivity (Wildman–Crippen MR) is 72.5 cm³/mol. The molecule has 0 saturated heterocycles. The normalized spacial score (nSPS) is 13.9. The van der Waals surface area contributed by atoms with Crippen molar-refractivity contribution < 1.29 is 0 Å². The Morgan fingerprint density at radius 1 is 1.28 bits per heavy atom. The third kappa shape index (κ3) is 2.11. The zero-order valence-corrected chi connectivity index (χ0v) is 10.4. The molecule has 0 saturated carbocycles. The van der Waals surface area contributed by atoms with Gasteiger partial charge in [0.25, 0.3) is 0 Å². The van der Waals surface area contributed by atoms with Gasteiger partial charge in [0.15, 0.2) is 0 Å². The van der Waals surface area contributed by atoms with Crippen LogP contribution in [0.3, 0.4) is 0 Å². The Bertz CT molecular complexity index is 532. The summed E-state index contributed by atoms with van der Waals surface area (Å²) in [5.41, 5.74) is 9.44. The van der Waals surface area contributed by atoms with Crippen LogP contribution in [0.5, 0.6) is 0 Å². The van der Waals surface area contributed by atoms with Crippen molar-refractivity contribution in [3.63, 3.8) is 0 Å². The molecule has 2 N–H and O–H groups in total. The number of benzene rings is 1. The van der Waals surface area contributed by atoms with Gasteiger partial charge in [-0.25, -0.2) is 4.98 Å². The lowest BCUT2D eigenvalue weighted by Gasteiger charge is -2.17. The van der Waals surface area contributed by atoms with Crippen molar-refractivity contribution in [2.45, 2.75) is 19.5 Å². The van der Waals surface area contributed by atoms with Gasteiger partial charge in [0.05, 0.1) is 18.6 Å². The molecule has 0 unspecified atom stereocenters. The van der Waals surface area contributed by atoms with Gasteiger partial charge in [0.2, 0.25) is 0 Å². The molecule has 2 heterocycles. The summed E-state index contributed by atoms with van der Waals surface area (Å²) in [6, 6.07) is 8.62. The quantitative estimate of drug-likeness (QED) is 0.881. The molecule has 1 aromatic carbocycles. The summed E-state index contributed by atoms with van der Waals surface area (Å²) in [6.45, 7) is 3.46. The lowest BCUT2D eigenvalue weighted by molar-refractivity contribution is 0.706. The highest BCUT2D eigenvalue weighted by atomic mass is 15.2. The first kappa shape index (κ1) is 11.3. The first-order chi connectivity index (χ1) is 8.86. The number of imidazole rings is 1. The van der Waals surface area contributed by atoms with E-state index in [2.05, 4.69) is 44.9 Å². The van der Waals surface area contributed by atoms with Crippen LogP contribution in [0.15, 0.2) is 36.8 Å². The Morgan fingerprint density at radius 2 is 2.17 bits per heavy atom. The van der Waals surface area contributed by atoms with E-state index in [1.165, 1.54) is 11.3 Å². The Kier molecular flexibility index (Phi) is 3.02. The van der Waals surface area contributed by atoms with Crippen molar-refractivity contribution in [3.8, 4) is 0 Å². The fourth-order valence-corrected chi connectivity index (χ4v) is 2.53. The third-order valence-electron chi connectivity index (χ3n) is 3.41. The molecule has 4 heteroatoms. The van der Waals surface area contributed by atoms with Crippen molar-refractivity contribution in [3.05, 3.63) is 48.0 Å². The summed E-state index contributed by atoms with van der Waals surface area (Å²) in [5.74, 6) is 0. The minimum absolute atomic E-state index is 0.655. The van der Waals surface area contributed by atoms with E-state index in [0.717, 1.165) is 31.7 Å². The second-order valence-electron chi connectivity index (χ2n) is 4.69. The molecule has 0 spiro atoms. The molecule has 0 aliphatic carbocycles. The highest BCUT2D eigenvalue weighted by Crippen LogP contribution is 2.28. The molecule has 3 rings (SSSR count). The highest BCUT2D eigenvalue weighted by Gasteiger charge is 2.18. The topological polar surface area (TPSA) is 47.1 Å². The Morgan fingerprint density at radius 3 is 3.06 bits per heavy atom. The summed E-state index contributed by atoms with van der Waals surface area (Å²) < 4.78 is 2.05. The SMILES string of the molecule is NCCn1cnc(CN2CCc3ccccc32)c1. The van der Waals surface area contributed by atoms with Crippen LogP contribution in [-0.2, 0) is 19.5 Å². The van der Waals surface area contributed by atoms with Gasteiger partial charge in [-0.15, -0.1) is 0 Å². The summed E-state index contributed by atoms with van der Waals surface area (Å²) in [7, 11) is 0. The van der Waals surface area contributed by atoms with Crippen molar-refractivity contribution in [2.24, 2.45) is 5.73 Å². The standard InChI is InChI=1S/C14H18N4/c15-6-8-17-9-13(16-11-17)10-18-7-5-12-3-1-2-4-14(12)18/h1-4,9,11H,5-8,10,15H2. The maximum atomic E-state index is 5.54. The van der Waals surface area contributed by atoms with E-state index in [4.69, 9.17) is 5.73 Å². The van der Waals surface area contributed by atoms with Crippen molar-refractivity contribution >= 4 is 5.69 Å². The van der Waals surface area contributed by atoms with Crippen LogP contribution < -0.4 is 10.6 Å². The van der Waals surface area contributed by atoms with Crippen molar-refractivity contribution in [1.29, 1.82) is 0 Å². The van der Waals surface area contributed by atoms with Crippen LogP contribution in [-0.4, -0.2) is 22.6 Å². The molecule has 1 aromatic heterocycles. The molecule has 0 fully saturated rings. The summed E-state index contributed by atoms with van der Waals surface area (Å²) in [6.07, 6.45) is 5.09. The first-order valence-electron chi connectivity index (χ1n) is 6.40. The van der Waals surface area contributed by atoms with E-state index in [0.29, 0.717) is 6.54 Å². The number of aromatic nitrogens is 2. The van der Waals surface area contributed by atoms with Gasteiger partial charge in [-0.2, -0.15) is 0 Å². The van der Waals surface area contributed by atoms with E-state index in [1.54, 1.807) is 0 Å². The smallest absolute Gasteiger partial charge is 0.0950 e.